The van der Waals surface area contributed by atoms with Crippen molar-refractivity contribution in [1.29, 1.82) is 0 Å². The van der Waals surface area contributed by atoms with Crippen molar-refractivity contribution in [3.05, 3.63) is 17.0 Å². The van der Waals surface area contributed by atoms with Crippen molar-refractivity contribution in [3.8, 4) is 0 Å². The minimum atomic E-state index is 0.340. The molecular weight excluding hydrogens is 186 g/mol. The summed E-state index contributed by atoms with van der Waals surface area (Å²) in [7, 11) is 0. The minimum absolute atomic E-state index is 0.340. The van der Waals surface area contributed by atoms with Crippen LogP contribution in [0.3, 0.4) is 0 Å². The Morgan fingerprint density at radius 2 is 2.08 bits per heavy atom. The summed E-state index contributed by atoms with van der Waals surface area (Å²) in [6.45, 7) is 4.20. The van der Waals surface area contributed by atoms with Crippen molar-refractivity contribution < 1.29 is 0 Å². The average Bonchev–Trinajstić information content (AvgIpc) is 2.61. The number of rotatable bonds is 1. The third kappa shape index (κ3) is 1.75. The van der Waals surface area contributed by atoms with E-state index in [1.54, 1.807) is 6.20 Å². The maximum absolute atomic E-state index is 5.75. The van der Waals surface area contributed by atoms with Crippen molar-refractivity contribution in [2.45, 2.75) is 19.8 Å². The highest BCUT2D eigenvalue weighted by molar-refractivity contribution is 6.28. The van der Waals surface area contributed by atoms with E-state index in [4.69, 9.17) is 11.6 Å². The summed E-state index contributed by atoms with van der Waals surface area (Å²) in [4.78, 5) is 10.4. The Morgan fingerprint density at radius 1 is 1.38 bits per heavy atom. The molecule has 0 unspecified atom stereocenters. The van der Waals surface area contributed by atoms with Gasteiger partial charge in [0.1, 0.15) is 5.82 Å². The van der Waals surface area contributed by atoms with Gasteiger partial charge in [-0.25, -0.2) is 9.97 Å². The molecule has 1 aliphatic heterocycles. The fourth-order valence-electron chi connectivity index (χ4n) is 1.66. The monoisotopic (exact) mass is 197 g/mol. The lowest BCUT2D eigenvalue weighted by atomic mass is 10.3. The van der Waals surface area contributed by atoms with E-state index < -0.39 is 0 Å². The van der Waals surface area contributed by atoms with Crippen LogP contribution in [0.25, 0.3) is 0 Å². The van der Waals surface area contributed by atoms with Crippen LogP contribution >= 0.6 is 11.6 Å². The van der Waals surface area contributed by atoms with Crippen molar-refractivity contribution in [2.75, 3.05) is 18.0 Å². The number of aryl methyl sites for hydroxylation is 1. The summed E-state index contributed by atoms with van der Waals surface area (Å²) >= 11 is 5.75. The first-order valence-electron chi connectivity index (χ1n) is 4.51. The smallest absolute Gasteiger partial charge is 0.224 e. The number of halogens is 1. The number of hydrogen-bond donors (Lipinski definition) is 0. The van der Waals surface area contributed by atoms with Crippen molar-refractivity contribution >= 4 is 17.4 Å². The zero-order valence-corrected chi connectivity index (χ0v) is 8.38. The van der Waals surface area contributed by atoms with E-state index in [9.17, 15) is 0 Å². The van der Waals surface area contributed by atoms with Crippen LogP contribution in [0.15, 0.2) is 6.20 Å². The lowest BCUT2D eigenvalue weighted by molar-refractivity contribution is 0.916. The second-order valence-electron chi connectivity index (χ2n) is 3.34. The topological polar surface area (TPSA) is 29.0 Å². The van der Waals surface area contributed by atoms with E-state index >= 15 is 0 Å². The van der Waals surface area contributed by atoms with Gasteiger partial charge in [-0.2, -0.15) is 0 Å². The SMILES string of the molecule is Cc1cnc(Cl)nc1N1CCCC1. The van der Waals surface area contributed by atoms with Crippen LogP contribution in [0.2, 0.25) is 5.28 Å². The van der Waals surface area contributed by atoms with Crippen LogP contribution < -0.4 is 4.90 Å². The lowest BCUT2D eigenvalue weighted by Crippen LogP contribution is -2.20. The van der Waals surface area contributed by atoms with E-state index in [-0.39, 0.29) is 0 Å². The second-order valence-corrected chi connectivity index (χ2v) is 3.68. The molecule has 70 valence electrons. The predicted molar refractivity (Wildman–Crippen MR) is 53.2 cm³/mol. The lowest BCUT2D eigenvalue weighted by Gasteiger charge is -2.17. The molecule has 0 N–H and O–H groups in total. The minimum Gasteiger partial charge on any atom is -0.356 e. The fourth-order valence-corrected chi connectivity index (χ4v) is 1.79. The normalized spacial score (nSPS) is 16.6. The summed E-state index contributed by atoms with van der Waals surface area (Å²) in [5, 5.41) is 0.340. The molecule has 0 aromatic carbocycles. The molecule has 0 bridgehead atoms. The van der Waals surface area contributed by atoms with Gasteiger partial charge in [0.25, 0.3) is 0 Å². The van der Waals surface area contributed by atoms with E-state index in [1.807, 2.05) is 6.92 Å². The summed E-state index contributed by atoms with van der Waals surface area (Å²) in [6.07, 6.45) is 4.28. The summed E-state index contributed by atoms with van der Waals surface area (Å²) < 4.78 is 0. The van der Waals surface area contributed by atoms with Gasteiger partial charge in [-0.1, -0.05) is 0 Å². The summed E-state index contributed by atoms with van der Waals surface area (Å²) in [5.41, 5.74) is 1.10. The van der Waals surface area contributed by atoms with Crippen LogP contribution in [0.5, 0.6) is 0 Å². The molecule has 0 aliphatic carbocycles. The van der Waals surface area contributed by atoms with Gasteiger partial charge in [-0.05, 0) is 31.4 Å². The van der Waals surface area contributed by atoms with Crippen LogP contribution in [-0.4, -0.2) is 23.1 Å². The molecule has 0 radical (unpaired) electrons. The standard InChI is InChI=1S/C9H12ClN3/c1-7-6-11-9(10)12-8(7)13-4-2-3-5-13/h6H,2-5H2,1H3. The first-order valence-corrected chi connectivity index (χ1v) is 4.89. The fraction of sp³-hybridized carbons (Fsp3) is 0.556. The first-order chi connectivity index (χ1) is 6.27. The molecule has 1 aliphatic rings. The van der Waals surface area contributed by atoms with E-state index in [1.165, 1.54) is 12.8 Å². The molecule has 0 atom stereocenters. The highest BCUT2D eigenvalue weighted by atomic mass is 35.5. The molecule has 0 saturated carbocycles. The van der Waals surface area contributed by atoms with Crippen LogP contribution in [0.1, 0.15) is 18.4 Å². The Bertz CT molecular complexity index is 308. The molecular formula is C9H12ClN3. The highest BCUT2D eigenvalue weighted by Gasteiger charge is 2.15. The quantitative estimate of drug-likeness (QED) is 0.646. The summed E-state index contributed by atoms with van der Waals surface area (Å²) in [6, 6.07) is 0. The molecule has 4 heteroatoms. The Kier molecular flexibility index (Phi) is 2.36. The number of hydrogen-bond acceptors (Lipinski definition) is 3. The average molecular weight is 198 g/mol. The summed E-state index contributed by atoms with van der Waals surface area (Å²) in [5.74, 6) is 0.998. The van der Waals surface area contributed by atoms with Crippen LogP contribution in [0.4, 0.5) is 5.82 Å². The van der Waals surface area contributed by atoms with Gasteiger partial charge in [-0.3, -0.25) is 0 Å². The van der Waals surface area contributed by atoms with Gasteiger partial charge < -0.3 is 4.90 Å². The van der Waals surface area contributed by atoms with Gasteiger partial charge in [0.15, 0.2) is 0 Å². The van der Waals surface area contributed by atoms with Crippen LogP contribution in [0, 0.1) is 6.92 Å². The molecule has 2 rings (SSSR count). The largest absolute Gasteiger partial charge is 0.356 e. The molecule has 1 fully saturated rings. The third-order valence-electron chi connectivity index (χ3n) is 2.32. The van der Waals surface area contributed by atoms with Crippen molar-refractivity contribution in [3.63, 3.8) is 0 Å². The molecule has 1 aromatic rings. The molecule has 1 aromatic heterocycles. The van der Waals surface area contributed by atoms with Crippen LogP contribution in [-0.2, 0) is 0 Å². The maximum Gasteiger partial charge on any atom is 0.224 e. The molecule has 0 amide bonds. The van der Waals surface area contributed by atoms with E-state index in [2.05, 4.69) is 14.9 Å². The van der Waals surface area contributed by atoms with Crippen molar-refractivity contribution in [1.82, 2.24) is 9.97 Å². The molecule has 13 heavy (non-hydrogen) atoms. The molecule has 3 nitrogen and oxygen atoms in total. The van der Waals surface area contributed by atoms with Gasteiger partial charge in [0.05, 0.1) is 0 Å². The Labute approximate surface area is 82.8 Å². The maximum atomic E-state index is 5.75. The predicted octanol–water partition coefficient (Wildman–Crippen LogP) is 2.04. The highest BCUT2D eigenvalue weighted by Crippen LogP contribution is 2.21. The van der Waals surface area contributed by atoms with Gasteiger partial charge in [0.2, 0.25) is 5.28 Å². The van der Waals surface area contributed by atoms with E-state index in [0.29, 0.717) is 5.28 Å². The number of anilines is 1. The first kappa shape index (κ1) is 8.75. The zero-order chi connectivity index (χ0) is 9.26. The van der Waals surface area contributed by atoms with Crippen molar-refractivity contribution in [2.24, 2.45) is 0 Å². The Balaban J connectivity index is 2.32. The van der Waals surface area contributed by atoms with E-state index in [0.717, 1.165) is 24.5 Å². The number of aromatic nitrogens is 2. The Hall–Kier alpha value is -0.830. The number of nitrogens with zero attached hydrogens (tertiary/aromatic N) is 3. The Morgan fingerprint density at radius 3 is 2.77 bits per heavy atom. The second kappa shape index (κ2) is 3.50. The molecule has 2 heterocycles. The third-order valence-corrected chi connectivity index (χ3v) is 2.50. The van der Waals surface area contributed by atoms with Gasteiger partial charge in [-0.15, -0.1) is 0 Å². The zero-order valence-electron chi connectivity index (χ0n) is 7.63. The molecule has 1 saturated heterocycles. The van der Waals surface area contributed by atoms with Gasteiger partial charge in [0, 0.05) is 24.8 Å². The molecule has 0 spiro atoms. The van der Waals surface area contributed by atoms with Gasteiger partial charge >= 0.3 is 0 Å².